The standard InChI is InChI=1S/C10H17N3O2/c1-5-10(2,3)15-8-6-7(14-4)12-9(11)13-8/h6H,5H2,1-4H3,(H2,11,12,13). The maximum absolute atomic E-state index is 5.66. The molecular weight excluding hydrogens is 194 g/mol. The van der Waals surface area contributed by atoms with Gasteiger partial charge in [-0.05, 0) is 20.3 Å². The number of ether oxygens (including phenoxy) is 2. The summed E-state index contributed by atoms with van der Waals surface area (Å²) in [5, 5.41) is 0. The van der Waals surface area contributed by atoms with Crippen molar-refractivity contribution in [1.29, 1.82) is 0 Å². The fourth-order valence-electron chi connectivity index (χ4n) is 0.933. The summed E-state index contributed by atoms with van der Waals surface area (Å²) in [5.41, 5.74) is 5.24. The normalized spacial score (nSPS) is 11.2. The van der Waals surface area contributed by atoms with Crippen LogP contribution in [0.1, 0.15) is 27.2 Å². The summed E-state index contributed by atoms with van der Waals surface area (Å²) in [5.74, 6) is 0.992. The molecule has 1 aromatic heterocycles. The molecule has 0 spiro atoms. The summed E-state index contributed by atoms with van der Waals surface area (Å²) in [6.45, 7) is 6.01. The third kappa shape index (κ3) is 3.27. The number of nitrogen functional groups attached to an aromatic ring is 1. The summed E-state index contributed by atoms with van der Waals surface area (Å²) in [6, 6.07) is 1.62. The van der Waals surface area contributed by atoms with E-state index in [-0.39, 0.29) is 11.5 Å². The van der Waals surface area contributed by atoms with Crippen LogP contribution < -0.4 is 15.2 Å². The maximum atomic E-state index is 5.66. The fourth-order valence-corrected chi connectivity index (χ4v) is 0.933. The molecule has 0 radical (unpaired) electrons. The second-order valence-corrected chi connectivity index (χ2v) is 3.82. The highest BCUT2D eigenvalue weighted by molar-refractivity contribution is 5.29. The van der Waals surface area contributed by atoms with E-state index in [1.54, 1.807) is 6.07 Å². The summed E-state index contributed by atoms with van der Waals surface area (Å²) < 4.78 is 10.6. The van der Waals surface area contributed by atoms with Crippen molar-refractivity contribution in [2.24, 2.45) is 0 Å². The maximum Gasteiger partial charge on any atom is 0.226 e. The molecule has 1 aromatic rings. The SMILES string of the molecule is CCC(C)(C)Oc1cc(OC)nc(N)n1. The van der Waals surface area contributed by atoms with Crippen molar-refractivity contribution < 1.29 is 9.47 Å². The Kier molecular flexibility index (Phi) is 3.34. The zero-order chi connectivity index (χ0) is 11.5. The molecule has 0 unspecified atom stereocenters. The van der Waals surface area contributed by atoms with Gasteiger partial charge in [0.25, 0.3) is 0 Å². The highest BCUT2D eigenvalue weighted by Gasteiger charge is 2.18. The van der Waals surface area contributed by atoms with E-state index >= 15 is 0 Å². The van der Waals surface area contributed by atoms with E-state index in [9.17, 15) is 0 Å². The molecule has 0 bridgehead atoms. The van der Waals surface area contributed by atoms with Gasteiger partial charge in [-0.2, -0.15) is 9.97 Å². The molecule has 0 fully saturated rings. The van der Waals surface area contributed by atoms with Crippen LogP contribution in [0, 0.1) is 0 Å². The third-order valence-electron chi connectivity index (χ3n) is 2.14. The van der Waals surface area contributed by atoms with Gasteiger partial charge in [0, 0.05) is 0 Å². The van der Waals surface area contributed by atoms with Gasteiger partial charge in [-0.3, -0.25) is 0 Å². The van der Waals surface area contributed by atoms with Crippen molar-refractivity contribution in [3.8, 4) is 11.8 Å². The van der Waals surface area contributed by atoms with Crippen molar-refractivity contribution in [3.63, 3.8) is 0 Å². The number of nitrogens with two attached hydrogens (primary N) is 1. The monoisotopic (exact) mass is 211 g/mol. The van der Waals surface area contributed by atoms with Gasteiger partial charge in [0.1, 0.15) is 5.60 Å². The molecule has 1 heterocycles. The topological polar surface area (TPSA) is 70.3 Å². The summed E-state index contributed by atoms with van der Waals surface area (Å²) in [4.78, 5) is 7.85. The number of methoxy groups -OCH3 is 1. The molecule has 1 rings (SSSR count). The number of nitrogens with zero attached hydrogens (tertiary/aromatic N) is 2. The van der Waals surface area contributed by atoms with E-state index in [0.29, 0.717) is 11.8 Å². The van der Waals surface area contributed by atoms with Crippen LogP contribution in [0.5, 0.6) is 11.8 Å². The van der Waals surface area contributed by atoms with Crippen LogP contribution in [-0.2, 0) is 0 Å². The molecule has 84 valence electrons. The number of hydrogen-bond acceptors (Lipinski definition) is 5. The van der Waals surface area contributed by atoms with E-state index < -0.39 is 0 Å². The molecule has 0 amide bonds. The Bertz CT molecular complexity index is 339. The van der Waals surface area contributed by atoms with Gasteiger partial charge in [-0.1, -0.05) is 6.92 Å². The van der Waals surface area contributed by atoms with Crippen molar-refractivity contribution >= 4 is 5.95 Å². The Morgan fingerprint density at radius 1 is 1.33 bits per heavy atom. The molecule has 15 heavy (non-hydrogen) atoms. The fraction of sp³-hybridized carbons (Fsp3) is 0.600. The summed E-state index contributed by atoms with van der Waals surface area (Å²) in [7, 11) is 1.52. The highest BCUT2D eigenvalue weighted by atomic mass is 16.5. The molecule has 0 aliphatic carbocycles. The lowest BCUT2D eigenvalue weighted by Crippen LogP contribution is -2.27. The molecule has 0 atom stereocenters. The van der Waals surface area contributed by atoms with Crippen LogP contribution in [0.4, 0.5) is 5.95 Å². The predicted octanol–water partition coefficient (Wildman–Crippen LogP) is 1.63. The van der Waals surface area contributed by atoms with E-state index in [2.05, 4.69) is 9.97 Å². The lowest BCUT2D eigenvalue weighted by molar-refractivity contribution is 0.0986. The smallest absolute Gasteiger partial charge is 0.226 e. The molecular formula is C10H17N3O2. The lowest BCUT2D eigenvalue weighted by Gasteiger charge is -2.24. The van der Waals surface area contributed by atoms with Gasteiger partial charge in [0.15, 0.2) is 0 Å². The van der Waals surface area contributed by atoms with Gasteiger partial charge in [-0.25, -0.2) is 0 Å². The molecule has 0 saturated heterocycles. The van der Waals surface area contributed by atoms with Crippen LogP contribution in [0.3, 0.4) is 0 Å². The Morgan fingerprint density at radius 3 is 2.47 bits per heavy atom. The zero-order valence-corrected chi connectivity index (χ0v) is 9.57. The second-order valence-electron chi connectivity index (χ2n) is 3.82. The molecule has 2 N–H and O–H groups in total. The Labute approximate surface area is 89.6 Å². The molecule has 0 aliphatic heterocycles. The first-order valence-electron chi connectivity index (χ1n) is 4.84. The average molecular weight is 211 g/mol. The first-order valence-corrected chi connectivity index (χ1v) is 4.84. The highest BCUT2D eigenvalue weighted by Crippen LogP contribution is 2.22. The number of rotatable bonds is 4. The minimum atomic E-state index is -0.272. The van der Waals surface area contributed by atoms with Crippen LogP contribution >= 0.6 is 0 Å². The molecule has 5 nitrogen and oxygen atoms in total. The Hall–Kier alpha value is -1.52. The van der Waals surface area contributed by atoms with E-state index in [1.165, 1.54) is 7.11 Å². The quantitative estimate of drug-likeness (QED) is 0.819. The Morgan fingerprint density at radius 2 is 1.93 bits per heavy atom. The van der Waals surface area contributed by atoms with Crippen LogP contribution in [0.15, 0.2) is 6.07 Å². The van der Waals surface area contributed by atoms with E-state index in [0.717, 1.165) is 6.42 Å². The lowest BCUT2D eigenvalue weighted by atomic mass is 10.1. The third-order valence-corrected chi connectivity index (χ3v) is 2.14. The first kappa shape index (κ1) is 11.6. The number of aromatic nitrogens is 2. The van der Waals surface area contributed by atoms with Gasteiger partial charge in [-0.15, -0.1) is 0 Å². The van der Waals surface area contributed by atoms with Gasteiger partial charge >= 0.3 is 0 Å². The molecule has 5 heteroatoms. The van der Waals surface area contributed by atoms with E-state index in [4.69, 9.17) is 15.2 Å². The Balaban J connectivity index is 2.90. The van der Waals surface area contributed by atoms with Gasteiger partial charge in [0.05, 0.1) is 13.2 Å². The molecule has 0 saturated carbocycles. The zero-order valence-electron chi connectivity index (χ0n) is 9.57. The molecule has 0 aliphatic rings. The summed E-state index contributed by atoms with van der Waals surface area (Å²) >= 11 is 0. The van der Waals surface area contributed by atoms with E-state index in [1.807, 2.05) is 20.8 Å². The predicted molar refractivity (Wildman–Crippen MR) is 58.0 cm³/mol. The number of anilines is 1. The van der Waals surface area contributed by atoms with Gasteiger partial charge < -0.3 is 15.2 Å². The van der Waals surface area contributed by atoms with Gasteiger partial charge in [0.2, 0.25) is 17.7 Å². The van der Waals surface area contributed by atoms with Crippen molar-refractivity contribution in [3.05, 3.63) is 6.07 Å². The van der Waals surface area contributed by atoms with Crippen molar-refractivity contribution in [2.75, 3.05) is 12.8 Å². The molecule has 0 aromatic carbocycles. The minimum absolute atomic E-state index is 0.149. The second kappa shape index (κ2) is 4.33. The van der Waals surface area contributed by atoms with Crippen LogP contribution in [-0.4, -0.2) is 22.7 Å². The van der Waals surface area contributed by atoms with Crippen molar-refractivity contribution in [2.45, 2.75) is 32.8 Å². The van der Waals surface area contributed by atoms with Crippen LogP contribution in [0.25, 0.3) is 0 Å². The minimum Gasteiger partial charge on any atom is -0.481 e. The largest absolute Gasteiger partial charge is 0.481 e. The number of hydrogen-bond donors (Lipinski definition) is 1. The van der Waals surface area contributed by atoms with Crippen LogP contribution in [0.2, 0.25) is 0 Å². The summed E-state index contributed by atoms with van der Waals surface area (Å²) in [6.07, 6.45) is 0.874. The van der Waals surface area contributed by atoms with Crippen molar-refractivity contribution in [1.82, 2.24) is 9.97 Å². The first-order chi connectivity index (χ1) is 6.96. The average Bonchev–Trinajstić information content (AvgIpc) is 2.16.